The molecule has 2 aromatic rings. The van der Waals surface area contributed by atoms with Gasteiger partial charge in [-0.15, -0.1) is 0 Å². The summed E-state index contributed by atoms with van der Waals surface area (Å²) in [6.45, 7) is 5.40. The standard InChI is InChI=1S/C19H23N3O4S/c1-3-22(4-2)27(24,25)18-9-7-15(8-10-18)19(23)21-13-17(14-21)26-16-6-5-11-20-12-16/h5-12,17H,3-4,13-14H2,1-2H3. The summed E-state index contributed by atoms with van der Waals surface area (Å²) in [4.78, 5) is 18.4. The Hall–Kier alpha value is -2.45. The maximum atomic E-state index is 12.5. The number of carbonyl (C=O) groups is 1. The van der Waals surface area contributed by atoms with Crippen molar-refractivity contribution in [2.45, 2.75) is 24.8 Å². The highest BCUT2D eigenvalue weighted by Crippen LogP contribution is 2.21. The van der Waals surface area contributed by atoms with Crippen molar-refractivity contribution in [3.63, 3.8) is 0 Å². The third kappa shape index (κ3) is 4.12. The van der Waals surface area contributed by atoms with Gasteiger partial charge in [-0.25, -0.2) is 8.42 Å². The first-order valence-corrected chi connectivity index (χ1v) is 10.4. The number of rotatable bonds is 7. The van der Waals surface area contributed by atoms with Crippen LogP contribution in [0.2, 0.25) is 0 Å². The fourth-order valence-corrected chi connectivity index (χ4v) is 4.41. The molecule has 2 heterocycles. The molecule has 1 aliphatic heterocycles. The van der Waals surface area contributed by atoms with Gasteiger partial charge in [-0.2, -0.15) is 4.31 Å². The van der Waals surface area contributed by atoms with E-state index in [-0.39, 0.29) is 16.9 Å². The van der Waals surface area contributed by atoms with Gasteiger partial charge in [0.1, 0.15) is 11.9 Å². The minimum atomic E-state index is -3.52. The number of carbonyl (C=O) groups excluding carboxylic acids is 1. The molecule has 8 heteroatoms. The number of pyridine rings is 1. The number of sulfonamides is 1. The van der Waals surface area contributed by atoms with Gasteiger partial charge in [-0.1, -0.05) is 13.8 Å². The summed E-state index contributed by atoms with van der Waals surface area (Å²) in [6.07, 6.45) is 3.26. The number of benzene rings is 1. The highest BCUT2D eigenvalue weighted by molar-refractivity contribution is 7.89. The highest BCUT2D eigenvalue weighted by atomic mass is 32.2. The first kappa shape index (κ1) is 19.3. The summed E-state index contributed by atoms with van der Waals surface area (Å²) in [5.74, 6) is 0.549. The zero-order chi connectivity index (χ0) is 19.4. The normalized spacial score (nSPS) is 14.9. The second-order valence-electron chi connectivity index (χ2n) is 6.25. The molecule has 1 amide bonds. The van der Waals surface area contributed by atoms with Gasteiger partial charge in [0.2, 0.25) is 10.0 Å². The van der Waals surface area contributed by atoms with E-state index in [4.69, 9.17) is 4.74 Å². The molecule has 27 heavy (non-hydrogen) atoms. The summed E-state index contributed by atoms with van der Waals surface area (Å²) < 4.78 is 32.1. The fourth-order valence-electron chi connectivity index (χ4n) is 2.95. The van der Waals surface area contributed by atoms with Gasteiger partial charge < -0.3 is 9.64 Å². The second-order valence-corrected chi connectivity index (χ2v) is 8.19. The average Bonchev–Trinajstić information content (AvgIpc) is 2.65. The molecule has 1 aromatic heterocycles. The SMILES string of the molecule is CCN(CC)S(=O)(=O)c1ccc(C(=O)N2CC(Oc3cccnc3)C2)cc1. The largest absolute Gasteiger partial charge is 0.485 e. The Morgan fingerprint density at radius 3 is 2.41 bits per heavy atom. The van der Waals surface area contributed by atoms with Gasteiger partial charge in [0, 0.05) is 24.8 Å². The van der Waals surface area contributed by atoms with E-state index >= 15 is 0 Å². The number of hydrogen-bond acceptors (Lipinski definition) is 5. The molecule has 1 aliphatic rings. The van der Waals surface area contributed by atoms with Crippen molar-refractivity contribution >= 4 is 15.9 Å². The molecule has 3 rings (SSSR count). The van der Waals surface area contributed by atoms with E-state index in [1.54, 1.807) is 49.3 Å². The molecule has 0 N–H and O–H groups in total. The van der Waals surface area contributed by atoms with Crippen LogP contribution in [0.25, 0.3) is 0 Å². The Bertz CT molecular complexity index is 875. The molecular formula is C19H23N3O4S. The molecular weight excluding hydrogens is 366 g/mol. The van der Waals surface area contributed by atoms with E-state index in [2.05, 4.69) is 4.98 Å². The van der Waals surface area contributed by atoms with Crippen LogP contribution in [0.1, 0.15) is 24.2 Å². The molecule has 0 saturated carbocycles. The summed E-state index contributed by atoms with van der Waals surface area (Å²) in [6, 6.07) is 9.73. The van der Waals surface area contributed by atoms with Crippen molar-refractivity contribution in [1.82, 2.24) is 14.2 Å². The second kappa shape index (κ2) is 8.06. The molecule has 0 aliphatic carbocycles. The number of amides is 1. The number of aromatic nitrogens is 1. The lowest BCUT2D eigenvalue weighted by atomic mass is 10.1. The van der Waals surface area contributed by atoms with Gasteiger partial charge in [-0.05, 0) is 36.4 Å². The van der Waals surface area contributed by atoms with E-state index in [1.807, 2.05) is 6.07 Å². The van der Waals surface area contributed by atoms with Crippen molar-refractivity contribution in [2.24, 2.45) is 0 Å². The summed E-state index contributed by atoms with van der Waals surface area (Å²) >= 11 is 0. The molecule has 144 valence electrons. The van der Waals surface area contributed by atoms with Crippen molar-refractivity contribution in [3.05, 3.63) is 54.4 Å². The van der Waals surface area contributed by atoms with Crippen LogP contribution in [0.5, 0.6) is 5.75 Å². The van der Waals surface area contributed by atoms with Crippen LogP contribution in [0.4, 0.5) is 0 Å². The summed E-state index contributed by atoms with van der Waals surface area (Å²) in [7, 11) is -3.52. The van der Waals surface area contributed by atoms with E-state index in [1.165, 1.54) is 16.4 Å². The van der Waals surface area contributed by atoms with Gasteiger partial charge >= 0.3 is 0 Å². The maximum absolute atomic E-state index is 12.5. The smallest absolute Gasteiger partial charge is 0.254 e. The number of nitrogens with zero attached hydrogens (tertiary/aromatic N) is 3. The van der Waals surface area contributed by atoms with Crippen molar-refractivity contribution in [2.75, 3.05) is 26.2 Å². The Morgan fingerprint density at radius 2 is 1.85 bits per heavy atom. The Morgan fingerprint density at radius 1 is 1.19 bits per heavy atom. The van der Waals surface area contributed by atoms with Crippen LogP contribution >= 0.6 is 0 Å². The molecule has 0 unspecified atom stereocenters. The van der Waals surface area contributed by atoms with Gasteiger partial charge in [0.05, 0.1) is 24.2 Å². The third-order valence-corrected chi connectivity index (χ3v) is 6.58. The van der Waals surface area contributed by atoms with Crippen LogP contribution in [-0.2, 0) is 10.0 Å². The zero-order valence-corrected chi connectivity index (χ0v) is 16.2. The van der Waals surface area contributed by atoms with Crippen LogP contribution < -0.4 is 4.74 Å². The molecule has 1 fully saturated rings. The van der Waals surface area contributed by atoms with Crippen LogP contribution in [-0.4, -0.2) is 60.8 Å². The van der Waals surface area contributed by atoms with Crippen LogP contribution in [0.15, 0.2) is 53.7 Å². The molecule has 0 spiro atoms. The Balaban J connectivity index is 1.60. The molecule has 0 radical (unpaired) electrons. The van der Waals surface area contributed by atoms with Crippen molar-refractivity contribution in [3.8, 4) is 5.75 Å². The summed E-state index contributed by atoms with van der Waals surface area (Å²) in [5.41, 5.74) is 0.466. The minimum absolute atomic E-state index is 0.0551. The number of likely N-dealkylation sites (tertiary alicyclic amines) is 1. The predicted octanol–water partition coefficient (Wildman–Crippen LogP) is 2.02. The summed E-state index contributed by atoms with van der Waals surface area (Å²) in [5, 5.41) is 0. The maximum Gasteiger partial charge on any atom is 0.254 e. The number of ether oxygens (including phenoxy) is 1. The monoisotopic (exact) mass is 389 g/mol. The van der Waals surface area contributed by atoms with Gasteiger partial charge in [0.25, 0.3) is 5.91 Å². The quantitative estimate of drug-likeness (QED) is 0.724. The first-order chi connectivity index (χ1) is 13.0. The van der Waals surface area contributed by atoms with Gasteiger partial charge in [0.15, 0.2) is 0 Å². The van der Waals surface area contributed by atoms with Crippen molar-refractivity contribution < 1.29 is 17.9 Å². The van der Waals surface area contributed by atoms with Crippen LogP contribution in [0.3, 0.4) is 0 Å². The molecule has 0 bridgehead atoms. The molecule has 1 aromatic carbocycles. The lowest BCUT2D eigenvalue weighted by Gasteiger charge is -2.38. The van der Waals surface area contributed by atoms with Gasteiger partial charge in [-0.3, -0.25) is 9.78 Å². The fraction of sp³-hybridized carbons (Fsp3) is 0.368. The van der Waals surface area contributed by atoms with E-state index < -0.39 is 10.0 Å². The Kier molecular flexibility index (Phi) is 5.76. The Labute approximate surface area is 159 Å². The lowest BCUT2D eigenvalue weighted by Crippen LogP contribution is -2.56. The van der Waals surface area contributed by atoms with E-state index in [9.17, 15) is 13.2 Å². The first-order valence-electron chi connectivity index (χ1n) is 8.91. The predicted molar refractivity (Wildman–Crippen MR) is 101 cm³/mol. The zero-order valence-electron chi connectivity index (χ0n) is 15.4. The molecule has 7 nitrogen and oxygen atoms in total. The lowest BCUT2D eigenvalue weighted by molar-refractivity contribution is 0.0176. The average molecular weight is 389 g/mol. The van der Waals surface area contributed by atoms with E-state index in [0.717, 1.165) is 0 Å². The van der Waals surface area contributed by atoms with E-state index in [0.29, 0.717) is 37.5 Å². The van der Waals surface area contributed by atoms with Crippen molar-refractivity contribution in [1.29, 1.82) is 0 Å². The minimum Gasteiger partial charge on any atom is -0.485 e. The highest BCUT2D eigenvalue weighted by Gasteiger charge is 2.33. The molecule has 1 saturated heterocycles. The number of hydrogen-bond donors (Lipinski definition) is 0. The van der Waals surface area contributed by atoms with Crippen LogP contribution in [0, 0.1) is 0 Å². The third-order valence-electron chi connectivity index (χ3n) is 4.52. The topological polar surface area (TPSA) is 79.8 Å². The molecule has 0 atom stereocenters.